The Hall–Kier alpha value is -3.06. The molecule has 0 saturated carbocycles. The number of hydrogen-bond donors (Lipinski definition) is 1. The number of halogens is 1. The fourth-order valence-corrected chi connectivity index (χ4v) is 4.77. The average Bonchev–Trinajstić information content (AvgIpc) is 3.07. The molecule has 0 aliphatic carbocycles. The standard InChI is InChI=1S/C25H24BrN3O3/c1-24(2,3)14-30-17-7-9-21-19(12-17)25(22(26)32-23(27)29-25)18-11-15(6-8-20(18)31-21)16-5-4-10-28-13-16/h4-13,22H,14H2,1-3H3,(H2,27,29). The maximum Gasteiger partial charge on any atom is 0.284 e. The molecule has 0 radical (unpaired) electrons. The number of hydrogen-bond acceptors (Lipinski definition) is 6. The third kappa shape index (κ3) is 3.50. The van der Waals surface area contributed by atoms with Gasteiger partial charge in [0.2, 0.25) is 0 Å². The smallest absolute Gasteiger partial charge is 0.284 e. The second-order valence-corrected chi connectivity index (χ2v) is 10.0. The number of benzene rings is 2. The van der Waals surface area contributed by atoms with Crippen molar-refractivity contribution in [3.63, 3.8) is 0 Å². The average molecular weight is 494 g/mol. The summed E-state index contributed by atoms with van der Waals surface area (Å²) in [6.07, 6.45) is 3.59. The first-order chi connectivity index (χ1) is 15.3. The Bertz CT molecular complexity index is 1210. The van der Waals surface area contributed by atoms with E-state index in [-0.39, 0.29) is 11.4 Å². The summed E-state index contributed by atoms with van der Waals surface area (Å²) in [5, 5.41) is -0.501. The highest BCUT2D eigenvalue weighted by Gasteiger charge is 2.53. The molecule has 32 heavy (non-hydrogen) atoms. The molecule has 0 bridgehead atoms. The molecule has 1 aromatic heterocycles. The normalized spacial score (nSPS) is 21.2. The maximum absolute atomic E-state index is 6.28. The Morgan fingerprint density at radius 1 is 1.06 bits per heavy atom. The number of alkyl halides is 1. The minimum absolute atomic E-state index is 0.0340. The van der Waals surface area contributed by atoms with Gasteiger partial charge in [-0.2, -0.15) is 0 Å². The van der Waals surface area contributed by atoms with Crippen LogP contribution < -0.4 is 15.2 Å². The highest BCUT2D eigenvalue weighted by Crippen LogP contribution is 2.56. The molecule has 5 rings (SSSR count). The minimum Gasteiger partial charge on any atom is -0.493 e. The van der Waals surface area contributed by atoms with Gasteiger partial charge in [0.1, 0.15) is 17.2 Å². The third-order valence-corrected chi connectivity index (χ3v) is 6.33. The molecule has 164 valence electrons. The van der Waals surface area contributed by atoms with Crippen molar-refractivity contribution < 1.29 is 14.2 Å². The van der Waals surface area contributed by atoms with E-state index >= 15 is 0 Å². The molecule has 0 saturated heterocycles. The van der Waals surface area contributed by atoms with E-state index in [9.17, 15) is 0 Å². The van der Waals surface area contributed by atoms with Crippen molar-refractivity contribution in [2.45, 2.75) is 31.3 Å². The first-order valence-corrected chi connectivity index (χ1v) is 11.3. The predicted molar refractivity (Wildman–Crippen MR) is 127 cm³/mol. The molecule has 6 nitrogen and oxygen atoms in total. The van der Waals surface area contributed by atoms with Crippen LogP contribution in [0.2, 0.25) is 0 Å². The molecular formula is C25H24BrN3O3. The summed E-state index contributed by atoms with van der Waals surface area (Å²) in [6, 6.07) is 15.9. The summed E-state index contributed by atoms with van der Waals surface area (Å²) in [5.41, 5.74) is 8.89. The van der Waals surface area contributed by atoms with E-state index < -0.39 is 10.6 Å². The van der Waals surface area contributed by atoms with Gasteiger partial charge in [0.25, 0.3) is 6.02 Å². The predicted octanol–water partition coefficient (Wildman–Crippen LogP) is 5.59. The maximum atomic E-state index is 6.28. The van der Waals surface area contributed by atoms with Gasteiger partial charge in [-0.1, -0.05) is 32.9 Å². The summed E-state index contributed by atoms with van der Waals surface area (Å²) in [4.78, 5) is 9.05. The number of rotatable bonds is 3. The van der Waals surface area contributed by atoms with Crippen molar-refractivity contribution in [3.8, 4) is 28.4 Å². The van der Waals surface area contributed by atoms with Crippen LogP contribution in [0.3, 0.4) is 0 Å². The van der Waals surface area contributed by atoms with Gasteiger partial charge in [-0.05, 0) is 63.3 Å². The van der Waals surface area contributed by atoms with Crippen LogP contribution in [0.25, 0.3) is 11.1 Å². The molecular weight excluding hydrogens is 470 g/mol. The summed E-state index contributed by atoms with van der Waals surface area (Å²) < 4.78 is 18.2. The van der Waals surface area contributed by atoms with Crippen molar-refractivity contribution in [1.29, 1.82) is 0 Å². The van der Waals surface area contributed by atoms with Crippen LogP contribution >= 0.6 is 15.9 Å². The van der Waals surface area contributed by atoms with Crippen LogP contribution in [-0.2, 0) is 10.3 Å². The van der Waals surface area contributed by atoms with Crippen LogP contribution in [0.1, 0.15) is 31.9 Å². The first-order valence-electron chi connectivity index (χ1n) is 10.4. The zero-order valence-corrected chi connectivity index (χ0v) is 19.7. The number of aromatic nitrogens is 1. The lowest BCUT2D eigenvalue weighted by molar-refractivity contribution is 0.196. The molecule has 2 atom stereocenters. The third-order valence-electron chi connectivity index (χ3n) is 5.48. The molecule has 2 aliphatic heterocycles. The molecule has 3 aromatic rings. The Morgan fingerprint density at radius 2 is 1.81 bits per heavy atom. The largest absolute Gasteiger partial charge is 0.493 e. The fourth-order valence-electron chi connectivity index (χ4n) is 3.99. The van der Waals surface area contributed by atoms with Gasteiger partial charge in [0, 0.05) is 29.1 Å². The second-order valence-electron chi connectivity index (χ2n) is 9.21. The summed E-state index contributed by atoms with van der Waals surface area (Å²) in [5.74, 6) is 2.15. The Balaban J connectivity index is 1.66. The van der Waals surface area contributed by atoms with E-state index in [2.05, 4.69) is 47.8 Å². The summed E-state index contributed by atoms with van der Waals surface area (Å²) in [6.45, 7) is 6.99. The van der Waals surface area contributed by atoms with Crippen LogP contribution in [0.5, 0.6) is 17.2 Å². The molecule has 0 amide bonds. The van der Waals surface area contributed by atoms with E-state index in [1.807, 2.05) is 48.7 Å². The quantitative estimate of drug-likeness (QED) is 0.481. The number of pyridine rings is 1. The zero-order valence-electron chi connectivity index (χ0n) is 18.1. The number of fused-ring (bicyclic) bond motifs is 4. The number of nitrogens with two attached hydrogens (primary N) is 1. The lowest BCUT2D eigenvalue weighted by atomic mass is 9.80. The first kappa shape index (κ1) is 20.8. The molecule has 2 aliphatic rings. The van der Waals surface area contributed by atoms with Gasteiger partial charge in [0.15, 0.2) is 10.6 Å². The number of nitrogens with zero attached hydrogens (tertiary/aromatic N) is 2. The topological polar surface area (TPSA) is 79.0 Å². The van der Waals surface area contributed by atoms with Gasteiger partial charge in [-0.25, -0.2) is 4.99 Å². The van der Waals surface area contributed by atoms with Gasteiger partial charge < -0.3 is 19.9 Å². The van der Waals surface area contributed by atoms with Gasteiger partial charge in [0.05, 0.1) is 6.61 Å². The zero-order chi connectivity index (χ0) is 22.5. The van der Waals surface area contributed by atoms with Gasteiger partial charge in [-0.3, -0.25) is 4.98 Å². The van der Waals surface area contributed by atoms with Gasteiger partial charge >= 0.3 is 0 Å². The lowest BCUT2D eigenvalue weighted by Gasteiger charge is -2.36. The van der Waals surface area contributed by atoms with Crippen molar-refractivity contribution >= 4 is 22.0 Å². The van der Waals surface area contributed by atoms with Crippen molar-refractivity contribution in [1.82, 2.24) is 4.98 Å². The highest BCUT2D eigenvalue weighted by molar-refractivity contribution is 9.09. The molecule has 1 spiro atoms. The summed E-state index contributed by atoms with van der Waals surface area (Å²) >= 11 is 3.69. The van der Waals surface area contributed by atoms with Gasteiger partial charge in [-0.15, -0.1) is 0 Å². The van der Waals surface area contributed by atoms with Crippen LogP contribution in [0.15, 0.2) is 65.9 Å². The Morgan fingerprint density at radius 3 is 2.47 bits per heavy atom. The van der Waals surface area contributed by atoms with E-state index in [0.29, 0.717) is 18.1 Å². The van der Waals surface area contributed by atoms with E-state index in [0.717, 1.165) is 28.0 Å². The minimum atomic E-state index is -0.910. The lowest BCUT2D eigenvalue weighted by Crippen LogP contribution is -2.36. The highest BCUT2D eigenvalue weighted by atomic mass is 79.9. The number of aliphatic imine (C=N–C) groups is 1. The van der Waals surface area contributed by atoms with Crippen molar-refractivity contribution in [2.75, 3.05) is 6.61 Å². The van der Waals surface area contributed by atoms with Crippen LogP contribution in [-0.4, -0.2) is 22.6 Å². The molecule has 2 unspecified atom stereocenters. The number of ether oxygens (including phenoxy) is 3. The molecule has 0 fully saturated rings. The SMILES string of the molecule is CC(C)(C)COc1ccc2c(c1)C1(N=C(N)OC1Br)c1cc(-c3cccnc3)ccc1O2. The van der Waals surface area contributed by atoms with Crippen molar-refractivity contribution in [3.05, 3.63) is 72.1 Å². The molecule has 3 heterocycles. The van der Waals surface area contributed by atoms with Crippen molar-refractivity contribution in [2.24, 2.45) is 16.1 Å². The molecule has 7 heteroatoms. The second kappa shape index (κ2) is 7.52. The fraction of sp³-hybridized carbons (Fsp3) is 0.280. The van der Waals surface area contributed by atoms with E-state index in [1.165, 1.54) is 0 Å². The van der Waals surface area contributed by atoms with E-state index in [4.69, 9.17) is 24.9 Å². The molecule has 2 aromatic carbocycles. The molecule has 2 N–H and O–H groups in total. The van der Waals surface area contributed by atoms with Crippen LogP contribution in [0.4, 0.5) is 0 Å². The summed E-state index contributed by atoms with van der Waals surface area (Å²) in [7, 11) is 0. The Labute approximate surface area is 195 Å². The van der Waals surface area contributed by atoms with E-state index in [1.54, 1.807) is 6.20 Å². The van der Waals surface area contributed by atoms with Crippen LogP contribution in [0, 0.1) is 5.41 Å². The monoisotopic (exact) mass is 493 g/mol. The number of amidine groups is 1. The Kier molecular flexibility index (Phi) is 4.89.